The van der Waals surface area contributed by atoms with Crippen LogP contribution in [0.5, 0.6) is 0 Å². The van der Waals surface area contributed by atoms with Crippen LogP contribution in [-0.4, -0.2) is 23.8 Å². The molecule has 35 heavy (non-hydrogen) atoms. The predicted molar refractivity (Wildman–Crippen MR) is 146 cm³/mol. The molecular weight excluding hydrogens is 538 g/mol. The molecule has 0 saturated carbocycles. The Labute approximate surface area is 208 Å². The van der Waals surface area contributed by atoms with E-state index in [1.54, 1.807) is 0 Å². The number of benzene rings is 5. The molecule has 0 aliphatic rings. The van der Waals surface area contributed by atoms with E-state index in [1.807, 2.05) is 103 Å². The molecule has 0 amide bonds. The standard InChI is InChI=1S/C8H8O2.4C6H5.Sb/c9-8(10)6-7-4-2-1-3-5-7;4*1-2-4-6-5-3-1;/h1-5H,6H2,(H,9,10);4*1-5H;/q;;;;;+1/p-1. The second kappa shape index (κ2) is 9.94. The molecule has 0 heterocycles. The summed E-state index contributed by atoms with van der Waals surface area (Å²) in [5.74, 6) is -0.224. The predicted octanol–water partition coefficient (Wildman–Crippen LogP) is 4.30. The van der Waals surface area contributed by atoms with E-state index in [0.29, 0.717) is 0 Å². The first kappa shape index (κ1) is 23.1. The van der Waals surface area contributed by atoms with Gasteiger partial charge in [-0.2, -0.15) is 0 Å². The monoisotopic (exact) mass is 564 g/mol. The Balaban J connectivity index is 1.89. The molecular formula is C32H27O2Sb. The van der Waals surface area contributed by atoms with Gasteiger partial charge >= 0.3 is 209 Å². The Hall–Kier alpha value is -3.61. The number of carbonyl (C=O) groups is 1. The quantitative estimate of drug-likeness (QED) is 0.276. The van der Waals surface area contributed by atoms with Gasteiger partial charge in [0.25, 0.3) is 0 Å². The van der Waals surface area contributed by atoms with Crippen molar-refractivity contribution in [3.8, 4) is 0 Å². The zero-order valence-corrected chi connectivity index (χ0v) is 22.0. The molecule has 2 nitrogen and oxygen atoms in total. The van der Waals surface area contributed by atoms with E-state index in [-0.39, 0.29) is 12.4 Å². The molecule has 0 fully saturated rings. The normalized spacial score (nSPS) is 12.3. The van der Waals surface area contributed by atoms with E-state index >= 15 is 0 Å². The topological polar surface area (TPSA) is 26.3 Å². The molecule has 5 aromatic rings. The molecule has 172 valence electrons. The maximum atomic E-state index is 14.0. The van der Waals surface area contributed by atoms with Crippen LogP contribution in [0.4, 0.5) is 0 Å². The summed E-state index contributed by atoms with van der Waals surface area (Å²) in [4.78, 5) is 14.0. The van der Waals surface area contributed by atoms with Gasteiger partial charge in [-0.3, -0.25) is 0 Å². The Bertz CT molecular complexity index is 1220. The molecule has 3 heteroatoms. The van der Waals surface area contributed by atoms with Gasteiger partial charge in [-0.1, -0.05) is 0 Å². The molecule has 0 aromatic heterocycles. The molecule has 0 radical (unpaired) electrons. The van der Waals surface area contributed by atoms with Crippen molar-refractivity contribution in [2.45, 2.75) is 6.42 Å². The van der Waals surface area contributed by atoms with Crippen LogP contribution in [0.25, 0.3) is 0 Å². The van der Waals surface area contributed by atoms with Gasteiger partial charge in [0.15, 0.2) is 0 Å². The van der Waals surface area contributed by atoms with E-state index in [1.165, 1.54) is 0 Å². The van der Waals surface area contributed by atoms with Crippen LogP contribution in [0.15, 0.2) is 152 Å². The molecule has 0 aliphatic heterocycles. The molecule has 0 N–H and O–H groups in total. The Morgan fingerprint density at radius 2 is 0.743 bits per heavy atom. The minimum absolute atomic E-state index is 0.210. The number of hydrogen-bond acceptors (Lipinski definition) is 2. The van der Waals surface area contributed by atoms with E-state index in [9.17, 15) is 4.79 Å². The summed E-state index contributed by atoms with van der Waals surface area (Å²) in [5.41, 5.74) is 0.939. The summed E-state index contributed by atoms with van der Waals surface area (Å²) in [6, 6.07) is 51.2. The van der Waals surface area contributed by atoms with Crippen molar-refractivity contribution in [3.63, 3.8) is 0 Å². The molecule has 0 spiro atoms. The van der Waals surface area contributed by atoms with Crippen LogP contribution in [-0.2, 0) is 14.2 Å². The summed E-state index contributed by atoms with van der Waals surface area (Å²) in [6.45, 7) is 0. The number of carbonyl (C=O) groups excluding carboxylic acids is 1. The minimum atomic E-state index is -5.14. The third kappa shape index (κ3) is 3.99. The average molecular weight is 565 g/mol. The van der Waals surface area contributed by atoms with Crippen LogP contribution < -0.4 is 14.0 Å². The summed E-state index contributed by atoms with van der Waals surface area (Å²) in [6.07, 6.45) is 0.210. The Morgan fingerprint density at radius 3 is 1.06 bits per heavy atom. The molecule has 0 aliphatic carbocycles. The number of rotatable bonds is 7. The van der Waals surface area contributed by atoms with Crippen molar-refractivity contribution >= 4 is 37.8 Å². The van der Waals surface area contributed by atoms with Crippen LogP contribution in [0.2, 0.25) is 0 Å². The van der Waals surface area contributed by atoms with E-state index < -0.39 is 17.8 Å². The van der Waals surface area contributed by atoms with Gasteiger partial charge in [-0.05, 0) is 0 Å². The van der Waals surface area contributed by atoms with Crippen molar-refractivity contribution in [1.29, 1.82) is 0 Å². The van der Waals surface area contributed by atoms with Crippen molar-refractivity contribution in [3.05, 3.63) is 157 Å². The Kier molecular flexibility index (Phi) is 6.57. The van der Waals surface area contributed by atoms with Gasteiger partial charge in [-0.25, -0.2) is 0 Å². The molecule has 0 atom stereocenters. The zero-order valence-electron chi connectivity index (χ0n) is 19.4. The van der Waals surface area contributed by atoms with Gasteiger partial charge in [0, 0.05) is 0 Å². The fourth-order valence-corrected chi connectivity index (χ4v) is 21.1. The van der Waals surface area contributed by atoms with Crippen LogP contribution >= 0.6 is 0 Å². The number of hydrogen-bond donors (Lipinski definition) is 0. The Morgan fingerprint density at radius 1 is 0.457 bits per heavy atom. The van der Waals surface area contributed by atoms with Crippen molar-refractivity contribution in [2.75, 3.05) is 0 Å². The van der Waals surface area contributed by atoms with Gasteiger partial charge in [-0.15, -0.1) is 0 Å². The third-order valence-electron chi connectivity index (χ3n) is 6.47. The first-order valence-corrected chi connectivity index (χ1v) is 17.9. The van der Waals surface area contributed by atoms with Crippen LogP contribution in [0.1, 0.15) is 5.56 Å². The van der Waals surface area contributed by atoms with E-state index in [4.69, 9.17) is 3.02 Å². The van der Waals surface area contributed by atoms with Crippen LogP contribution in [0, 0.1) is 0 Å². The van der Waals surface area contributed by atoms with E-state index in [0.717, 1.165) is 19.6 Å². The summed E-state index contributed by atoms with van der Waals surface area (Å²) in [7, 11) is 0. The zero-order chi connectivity index (χ0) is 24.0. The van der Waals surface area contributed by atoms with Crippen molar-refractivity contribution < 1.29 is 7.81 Å². The van der Waals surface area contributed by atoms with Crippen molar-refractivity contribution in [2.24, 2.45) is 0 Å². The molecule has 5 rings (SSSR count). The first-order valence-electron chi connectivity index (χ1n) is 11.7. The van der Waals surface area contributed by atoms with Crippen molar-refractivity contribution in [1.82, 2.24) is 0 Å². The fraction of sp³-hybridized carbons (Fsp3) is 0.0312. The fourth-order valence-electron chi connectivity index (χ4n) is 4.95. The third-order valence-corrected chi connectivity index (χ3v) is 22.7. The summed E-state index contributed by atoms with van der Waals surface area (Å²) in [5, 5.41) is 0. The summed E-state index contributed by atoms with van der Waals surface area (Å²) >= 11 is -5.14. The van der Waals surface area contributed by atoms with E-state index in [2.05, 4.69) is 48.5 Å². The summed E-state index contributed by atoms with van der Waals surface area (Å²) < 4.78 is 11.4. The second-order valence-corrected chi connectivity index (χ2v) is 20.8. The van der Waals surface area contributed by atoms with Gasteiger partial charge < -0.3 is 0 Å². The van der Waals surface area contributed by atoms with Gasteiger partial charge in [0.2, 0.25) is 0 Å². The SMILES string of the molecule is O=C(Cc1ccccc1)[O][Sb]([c]1ccccc1)([c]1ccccc1)([c]1ccccc1)[c]1ccccc1. The first-order chi connectivity index (χ1) is 17.2. The second-order valence-electron chi connectivity index (χ2n) is 8.50. The van der Waals surface area contributed by atoms with Gasteiger partial charge in [0.05, 0.1) is 0 Å². The molecule has 0 bridgehead atoms. The maximum absolute atomic E-state index is 14.0. The van der Waals surface area contributed by atoms with Crippen LogP contribution in [0.3, 0.4) is 0 Å². The average Bonchev–Trinajstić information content (AvgIpc) is 2.94. The molecule has 0 unspecified atom stereocenters. The van der Waals surface area contributed by atoms with Gasteiger partial charge in [0.1, 0.15) is 0 Å². The molecule has 5 aromatic carbocycles. The molecule has 0 saturated heterocycles.